The molecule has 3 N–H and O–H groups in total. The highest BCUT2D eigenvalue weighted by Gasteiger charge is 2.33. The monoisotopic (exact) mass is 407 g/mol. The van der Waals surface area contributed by atoms with Crippen molar-refractivity contribution >= 4 is 5.97 Å². The smallest absolute Gasteiger partial charge is 0.337 e. The van der Waals surface area contributed by atoms with E-state index in [4.69, 9.17) is 4.74 Å². The largest absolute Gasteiger partial charge is 0.497 e. The summed E-state index contributed by atoms with van der Waals surface area (Å²) in [5.41, 5.74) is 5.65. The molecule has 1 aliphatic carbocycles. The average molecular weight is 408 g/mol. The first-order valence-electron chi connectivity index (χ1n) is 10.7. The van der Waals surface area contributed by atoms with Gasteiger partial charge in [0.1, 0.15) is 5.75 Å². The van der Waals surface area contributed by atoms with E-state index in [9.17, 15) is 15.0 Å². The lowest BCUT2D eigenvalue weighted by Crippen LogP contribution is -2.40. The second kappa shape index (κ2) is 9.02. The molecule has 1 unspecified atom stereocenters. The third kappa shape index (κ3) is 4.13. The van der Waals surface area contributed by atoms with Crippen LogP contribution in [0, 0.1) is 0 Å². The summed E-state index contributed by atoms with van der Waals surface area (Å²) in [6.07, 6.45) is 3.55. The summed E-state index contributed by atoms with van der Waals surface area (Å²) in [4.78, 5) is 11.4. The van der Waals surface area contributed by atoms with Crippen molar-refractivity contribution in [2.45, 2.75) is 50.2 Å². The molecular weight excluding hydrogens is 378 g/mol. The molecule has 1 aliphatic heterocycles. The highest BCUT2D eigenvalue weighted by Crippen LogP contribution is 2.44. The lowest BCUT2D eigenvalue weighted by molar-refractivity contribution is -0.147. The Bertz CT molecular complexity index is 934. The molecule has 2 aromatic rings. The Hall–Kier alpha value is -2.63. The first-order chi connectivity index (χ1) is 14.6. The van der Waals surface area contributed by atoms with Crippen LogP contribution in [0.5, 0.6) is 5.75 Å². The van der Waals surface area contributed by atoms with E-state index in [2.05, 4.69) is 17.4 Å². The quantitative estimate of drug-likeness (QED) is 0.631. The number of methoxy groups -OCH3 is 1. The van der Waals surface area contributed by atoms with Crippen molar-refractivity contribution in [2.24, 2.45) is 0 Å². The van der Waals surface area contributed by atoms with E-state index in [0.717, 1.165) is 50.0 Å². The zero-order valence-electron chi connectivity index (χ0n) is 17.3. The van der Waals surface area contributed by atoms with Crippen molar-refractivity contribution in [3.05, 3.63) is 76.4 Å². The van der Waals surface area contributed by atoms with Crippen LogP contribution in [-0.2, 0) is 11.2 Å². The number of carboxylic acids is 1. The van der Waals surface area contributed by atoms with Crippen LogP contribution in [0.3, 0.4) is 0 Å². The van der Waals surface area contributed by atoms with Crippen molar-refractivity contribution in [3.8, 4) is 5.75 Å². The fourth-order valence-electron chi connectivity index (χ4n) is 5.04. The predicted molar refractivity (Wildman–Crippen MR) is 116 cm³/mol. The molecule has 0 radical (unpaired) electrons. The summed E-state index contributed by atoms with van der Waals surface area (Å²) in [6.45, 7) is 0.916. The summed E-state index contributed by atoms with van der Waals surface area (Å²) in [6, 6.07) is 16.0. The molecule has 1 heterocycles. The number of aliphatic carboxylic acids is 1. The normalized spacial score (nSPS) is 22.3. The molecular formula is C25H29NO4. The van der Waals surface area contributed by atoms with Gasteiger partial charge in [0.25, 0.3) is 0 Å². The number of aliphatic hydroxyl groups is 1. The number of ether oxygens (including phenoxy) is 1. The van der Waals surface area contributed by atoms with Crippen LogP contribution in [-0.4, -0.2) is 35.9 Å². The number of aliphatic hydroxyl groups excluding tert-OH is 1. The molecule has 0 spiro atoms. The van der Waals surface area contributed by atoms with Gasteiger partial charge in [0, 0.05) is 12.0 Å². The minimum absolute atomic E-state index is 0.180. The molecule has 0 fully saturated rings. The van der Waals surface area contributed by atoms with Crippen molar-refractivity contribution in [2.75, 3.05) is 13.7 Å². The maximum Gasteiger partial charge on any atom is 0.337 e. The second-order valence-electron chi connectivity index (χ2n) is 8.17. The summed E-state index contributed by atoms with van der Waals surface area (Å²) < 4.78 is 5.27. The van der Waals surface area contributed by atoms with Crippen LogP contribution in [0.1, 0.15) is 54.4 Å². The molecule has 2 aromatic carbocycles. The maximum atomic E-state index is 11.4. The van der Waals surface area contributed by atoms with Crippen LogP contribution in [0.15, 0.2) is 59.7 Å². The van der Waals surface area contributed by atoms with E-state index < -0.39 is 12.1 Å². The van der Waals surface area contributed by atoms with E-state index in [-0.39, 0.29) is 5.92 Å². The van der Waals surface area contributed by atoms with Crippen LogP contribution in [0.25, 0.3) is 0 Å². The van der Waals surface area contributed by atoms with Crippen molar-refractivity contribution in [3.63, 3.8) is 0 Å². The fraction of sp³-hybridized carbons (Fsp3) is 0.400. The molecule has 0 aromatic heterocycles. The van der Waals surface area contributed by atoms with Gasteiger partial charge in [0.2, 0.25) is 0 Å². The van der Waals surface area contributed by atoms with Crippen LogP contribution in [0.4, 0.5) is 0 Å². The van der Waals surface area contributed by atoms with Crippen LogP contribution in [0.2, 0.25) is 0 Å². The molecule has 0 saturated carbocycles. The Morgan fingerprint density at radius 3 is 2.63 bits per heavy atom. The van der Waals surface area contributed by atoms with Gasteiger partial charge in [-0.3, -0.25) is 0 Å². The summed E-state index contributed by atoms with van der Waals surface area (Å²) in [7, 11) is 1.68. The lowest BCUT2D eigenvalue weighted by atomic mass is 9.72. The van der Waals surface area contributed by atoms with Crippen molar-refractivity contribution in [1.82, 2.24) is 5.32 Å². The third-order valence-electron chi connectivity index (χ3n) is 6.48. The fourth-order valence-corrected chi connectivity index (χ4v) is 5.04. The summed E-state index contributed by atoms with van der Waals surface area (Å²) in [5.74, 6) is -0.156. The van der Waals surface area contributed by atoms with Crippen LogP contribution < -0.4 is 10.1 Å². The summed E-state index contributed by atoms with van der Waals surface area (Å²) >= 11 is 0. The Kier molecular flexibility index (Phi) is 6.21. The number of hydrogen-bond donors (Lipinski definition) is 3. The van der Waals surface area contributed by atoms with Crippen molar-refractivity contribution in [1.29, 1.82) is 0 Å². The second-order valence-corrected chi connectivity index (χ2v) is 8.17. The molecule has 5 heteroatoms. The lowest BCUT2D eigenvalue weighted by Gasteiger charge is -2.38. The minimum atomic E-state index is -1.48. The van der Waals surface area contributed by atoms with E-state index in [1.54, 1.807) is 19.2 Å². The topological polar surface area (TPSA) is 78.8 Å². The first kappa shape index (κ1) is 20.6. The number of hydrogen-bond acceptors (Lipinski definition) is 4. The van der Waals surface area contributed by atoms with Crippen LogP contribution >= 0.6 is 0 Å². The van der Waals surface area contributed by atoms with Gasteiger partial charge in [-0.1, -0.05) is 47.5 Å². The van der Waals surface area contributed by atoms with Gasteiger partial charge in [-0.05, 0) is 67.5 Å². The Morgan fingerprint density at radius 2 is 1.90 bits per heavy atom. The molecule has 30 heavy (non-hydrogen) atoms. The van der Waals surface area contributed by atoms with E-state index in [1.165, 1.54) is 16.7 Å². The molecule has 0 amide bonds. The van der Waals surface area contributed by atoms with E-state index in [0.29, 0.717) is 11.6 Å². The number of benzene rings is 2. The number of nitrogens with one attached hydrogen (secondary N) is 1. The van der Waals surface area contributed by atoms with Gasteiger partial charge in [0.15, 0.2) is 6.10 Å². The molecule has 5 nitrogen and oxygen atoms in total. The van der Waals surface area contributed by atoms with E-state index >= 15 is 0 Å². The molecule has 0 bridgehead atoms. The number of rotatable bonds is 6. The Labute approximate surface area is 177 Å². The highest BCUT2D eigenvalue weighted by molar-refractivity contribution is 5.74. The molecule has 4 rings (SSSR count). The molecule has 158 valence electrons. The van der Waals surface area contributed by atoms with Gasteiger partial charge >= 0.3 is 5.97 Å². The average Bonchev–Trinajstić information content (AvgIpc) is 2.79. The van der Waals surface area contributed by atoms with Gasteiger partial charge in [0.05, 0.1) is 7.11 Å². The highest BCUT2D eigenvalue weighted by atomic mass is 16.5. The number of carboxylic acid groups (broad SMARTS) is 1. The SMILES string of the molecule is COc1ccc(C[C@H]2NCCC3=C2CCCC3c2ccccc2[C@H](O)C(=O)O)cc1. The summed E-state index contributed by atoms with van der Waals surface area (Å²) in [5, 5.41) is 23.3. The van der Waals surface area contributed by atoms with E-state index in [1.807, 2.05) is 24.3 Å². The van der Waals surface area contributed by atoms with Gasteiger partial charge in [-0.15, -0.1) is 0 Å². The Morgan fingerprint density at radius 1 is 1.13 bits per heavy atom. The van der Waals surface area contributed by atoms with Gasteiger partial charge < -0.3 is 20.3 Å². The third-order valence-corrected chi connectivity index (χ3v) is 6.48. The Balaban J connectivity index is 1.65. The van der Waals surface area contributed by atoms with Crippen molar-refractivity contribution < 1.29 is 19.7 Å². The standard InChI is InChI=1S/C25H29NO4/c1-30-17-11-9-16(10-12-17)15-23-21-8-4-7-18(20(21)13-14-26-23)19-5-2-3-6-22(19)24(27)25(28)29/h2-3,5-6,9-12,18,23-24,26-27H,4,7-8,13-15H2,1H3,(H,28,29)/t18?,23-,24+/m1/s1. The molecule has 2 aliphatic rings. The van der Waals surface area contributed by atoms with Gasteiger partial charge in [-0.2, -0.15) is 0 Å². The maximum absolute atomic E-state index is 11.4. The number of carbonyl (C=O) groups is 1. The minimum Gasteiger partial charge on any atom is -0.497 e. The first-order valence-corrected chi connectivity index (χ1v) is 10.7. The van der Waals surface area contributed by atoms with Gasteiger partial charge in [-0.25, -0.2) is 4.79 Å². The predicted octanol–water partition coefficient (Wildman–Crippen LogP) is 3.98. The molecule has 0 saturated heterocycles. The zero-order valence-corrected chi connectivity index (χ0v) is 17.3. The molecule has 3 atom stereocenters. The zero-order chi connectivity index (χ0) is 21.1.